The van der Waals surface area contributed by atoms with Crippen molar-refractivity contribution in [2.24, 2.45) is 21.8 Å². The number of piperidine rings is 2. The van der Waals surface area contributed by atoms with Crippen molar-refractivity contribution in [2.45, 2.75) is 80.2 Å². The molecule has 3 fully saturated rings. The van der Waals surface area contributed by atoms with Crippen LogP contribution in [0.5, 0.6) is 0 Å². The number of carbonyl (C=O) groups excluding carboxylic acids is 2. The molecule has 448 valence electrons. The highest BCUT2D eigenvalue weighted by Gasteiger charge is 2.42. The number of nitrogens with one attached hydrogen (secondary N) is 3. The van der Waals surface area contributed by atoms with E-state index in [0.29, 0.717) is 64.9 Å². The summed E-state index contributed by atoms with van der Waals surface area (Å²) in [5.41, 5.74) is 1.17. The van der Waals surface area contributed by atoms with Crippen molar-refractivity contribution >= 4 is 89.5 Å². The number of nitrogens with zero attached hydrogens (tertiary/aromatic N) is 9. The predicted octanol–water partition coefficient (Wildman–Crippen LogP) is 7.09. The zero-order valence-corrected chi connectivity index (χ0v) is 49.8. The van der Waals surface area contributed by atoms with E-state index in [1.807, 2.05) is 0 Å². The number of allylic oxidation sites excluding steroid dienone is 2. The second-order valence-electron chi connectivity index (χ2n) is 19.5. The van der Waals surface area contributed by atoms with E-state index in [4.69, 9.17) is 37.4 Å². The Hall–Kier alpha value is -6.48. The maximum absolute atomic E-state index is 14.5. The van der Waals surface area contributed by atoms with E-state index >= 15 is 0 Å². The molecule has 4 N–H and O–H groups in total. The van der Waals surface area contributed by atoms with Crippen LogP contribution in [0.1, 0.15) is 72.8 Å². The average molecular weight is 1280 g/mol. The lowest BCUT2D eigenvalue weighted by atomic mass is 9.86. The van der Waals surface area contributed by atoms with Gasteiger partial charge in [0.25, 0.3) is 0 Å². The number of thiazole rings is 2. The van der Waals surface area contributed by atoms with Gasteiger partial charge in [-0.3, -0.25) is 19.8 Å². The van der Waals surface area contributed by atoms with E-state index in [2.05, 4.69) is 52.8 Å². The van der Waals surface area contributed by atoms with E-state index in [-0.39, 0.29) is 76.6 Å². The first-order valence-corrected chi connectivity index (χ1v) is 31.2. The number of aliphatic hydroxyl groups excluding tert-OH is 1. The maximum Gasteiger partial charge on any atom is 0.338 e. The third-order valence-corrected chi connectivity index (χ3v) is 20.0. The molecule has 9 heterocycles. The summed E-state index contributed by atoms with van der Waals surface area (Å²) in [5, 5.41) is 29.7. The van der Waals surface area contributed by atoms with Crippen molar-refractivity contribution in [1.82, 2.24) is 49.2 Å². The number of sulfonamides is 2. The molecule has 4 aromatic heterocycles. The lowest BCUT2D eigenvalue weighted by molar-refractivity contribution is -0.137. The zero-order valence-electron chi connectivity index (χ0n) is 45.0. The highest BCUT2D eigenvalue weighted by molar-refractivity contribution is 7.89. The molecule has 0 aliphatic carbocycles. The van der Waals surface area contributed by atoms with Gasteiger partial charge in [0.2, 0.25) is 20.0 Å². The summed E-state index contributed by atoms with van der Waals surface area (Å²) in [5.74, 6) is -6.29. The number of ether oxygens (including phenoxy) is 3. The molecule has 5 aliphatic rings. The smallest absolute Gasteiger partial charge is 0.338 e. The number of halogens is 6. The Balaban J connectivity index is 0.000000189. The van der Waals surface area contributed by atoms with Crippen LogP contribution in [0.15, 0.2) is 115 Å². The molecular formula is C52H54Cl2F4N12O10S4. The Morgan fingerprint density at radius 3 is 1.56 bits per heavy atom. The van der Waals surface area contributed by atoms with Crippen LogP contribution in [-0.2, 0) is 50.4 Å². The van der Waals surface area contributed by atoms with Gasteiger partial charge in [-0.25, -0.2) is 54.0 Å². The molecule has 32 heteroatoms. The molecule has 3 saturated heterocycles. The number of hydrogen-bond acceptors (Lipinski definition) is 20. The van der Waals surface area contributed by atoms with E-state index < -0.39 is 83.5 Å². The van der Waals surface area contributed by atoms with Gasteiger partial charge in [-0.05, 0) is 51.7 Å². The van der Waals surface area contributed by atoms with Crippen LogP contribution >= 0.6 is 45.9 Å². The van der Waals surface area contributed by atoms with E-state index in [1.54, 1.807) is 30.1 Å². The number of amidine groups is 2. The van der Waals surface area contributed by atoms with Crippen molar-refractivity contribution in [3.8, 4) is 0 Å². The van der Waals surface area contributed by atoms with Crippen molar-refractivity contribution in [2.75, 3.05) is 47.0 Å². The van der Waals surface area contributed by atoms with Gasteiger partial charge in [0.05, 0.1) is 73.2 Å². The molecule has 4 unspecified atom stereocenters. The second kappa shape index (κ2) is 26.4. The Bertz CT molecular complexity index is 3740. The predicted molar refractivity (Wildman–Crippen MR) is 301 cm³/mol. The van der Waals surface area contributed by atoms with Crippen molar-refractivity contribution in [3.05, 3.63) is 149 Å². The number of methoxy groups -OCH3 is 2. The second-order valence-corrected chi connectivity index (χ2v) is 26.0. The Labute approximate surface area is 497 Å². The molecule has 5 aliphatic heterocycles. The van der Waals surface area contributed by atoms with E-state index in [1.165, 1.54) is 87.1 Å². The van der Waals surface area contributed by atoms with Crippen LogP contribution < -0.4 is 10.6 Å². The van der Waals surface area contributed by atoms with Crippen LogP contribution in [0.2, 0.25) is 10.0 Å². The summed E-state index contributed by atoms with van der Waals surface area (Å²) >= 11 is 15.0. The van der Waals surface area contributed by atoms with Gasteiger partial charge in [-0.2, -0.15) is 18.8 Å². The molecule has 11 rings (SSSR count). The van der Waals surface area contributed by atoms with Crippen LogP contribution in [-0.4, -0.2) is 143 Å². The van der Waals surface area contributed by atoms with Gasteiger partial charge >= 0.3 is 11.9 Å². The molecular weight excluding hydrogens is 1230 g/mol. The minimum atomic E-state index is -3.87. The van der Waals surface area contributed by atoms with Crippen molar-refractivity contribution in [3.63, 3.8) is 0 Å². The Morgan fingerprint density at radius 1 is 0.750 bits per heavy atom. The molecule has 0 radical (unpaired) electrons. The molecule has 2 aromatic carbocycles. The number of rotatable bonds is 14. The number of epoxide rings is 1. The fourth-order valence-electron chi connectivity index (χ4n) is 9.69. The third kappa shape index (κ3) is 13.5. The van der Waals surface area contributed by atoms with Gasteiger partial charge in [-0.1, -0.05) is 35.3 Å². The minimum Gasteiger partial charge on any atom is -0.466 e. The molecule has 6 aromatic rings. The zero-order chi connectivity index (χ0) is 60.2. The summed E-state index contributed by atoms with van der Waals surface area (Å²) in [4.78, 5) is 44.2. The fraction of sp³-hybridized carbons (Fsp3) is 0.385. The topological polar surface area (TPSA) is 281 Å². The quantitative estimate of drug-likeness (QED) is 0.0366. The van der Waals surface area contributed by atoms with Crippen molar-refractivity contribution in [1.29, 1.82) is 0 Å². The van der Waals surface area contributed by atoms with Crippen LogP contribution in [0.3, 0.4) is 0 Å². The van der Waals surface area contributed by atoms with Crippen LogP contribution in [0, 0.1) is 35.1 Å². The first-order chi connectivity index (χ1) is 40.1. The fourth-order valence-corrected chi connectivity index (χ4v) is 14.2. The number of aromatic amines is 1. The maximum atomic E-state index is 14.5. The monoisotopic (exact) mass is 1280 g/mol. The number of hydrogen-bond donors (Lipinski definition) is 4. The van der Waals surface area contributed by atoms with Gasteiger partial charge in [0.15, 0.2) is 45.0 Å². The largest absolute Gasteiger partial charge is 0.466 e. The van der Waals surface area contributed by atoms with E-state index in [0.717, 1.165) is 18.7 Å². The summed E-state index contributed by atoms with van der Waals surface area (Å²) < 4.78 is 128. The molecule has 4 atom stereocenters. The van der Waals surface area contributed by atoms with E-state index in [9.17, 15) is 49.1 Å². The number of carbonyl (C=O) groups is 2. The Morgan fingerprint density at radius 2 is 1.19 bits per heavy atom. The lowest BCUT2D eigenvalue weighted by Crippen LogP contribution is -2.43. The summed E-state index contributed by atoms with van der Waals surface area (Å²) in [6, 6.07) is 2.13. The average Bonchev–Trinajstić information content (AvgIpc) is 2.15. The number of esters is 2. The number of aliphatic imine (C=N–C) groups is 2. The highest BCUT2D eigenvalue weighted by atomic mass is 35.5. The number of H-pyrrole nitrogens is 1. The van der Waals surface area contributed by atoms with Crippen LogP contribution in [0.4, 0.5) is 17.6 Å². The summed E-state index contributed by atoms with van der Waals surface area (Å²) in [6.45, 7) is 5.39. The normalized spacial score (nSPS) is 20.3. The standard InChI is InChI=1S/C26H27ClF2N6O5S2.C23H21ClF2N6O4S2.C3H6O/c1-14(36)12-34-13-16(11-31-34)42(38,39)35-8-5-15(6-9-35)22-19(26(37)40-2)23(17-3-4-18(28)21(29)20(17)27)33-24(32-22)25-30-7-10-41-25;1-36-23(33)16-19(12-4-7-32(8-5-12)38(34,35)13-10-28-29-11-13)30-21(22-27-6-9-37-22)31-20(16)14-2-3-15(25)18(26)17(14)24;1-3-2-4-3/h3-4,7,10-11,13-15,23,36H,5-6,8-9,12H2,1-2H3,(H,32,33);2-3,6,9-12,20H,4-5,7-8H2,1H3,(H,28,29)(H,30,31);3H,2H2,1H3. The SMILES string of the molecule is CC1CO1.COC(=O)C1=C(C2CCN(S(=O)(=O)c3cn[nH]c3)CC2)NC(c2nccs2)=NC1c1ccc(F)c(F)c1Cl.COC(=O)C1=C(C2CCN(S(=O)(=O)c3cnn(CC(C)O)c3)CC2)NC(c2nccs2)=NC1c1ccc(F)c(F)c1Cl. The minimum absolute atomic E-state index is 0.0121. The molecule has 0 amide bonds. The number of benzene rings is 2. The van der Waals surface area contributed by atoms with Gasteiger partial charge in [0.1, 0.15) is 21.9 Å². The molecule has 0 spiro atoms. The molecule has 0 saturated carbocycles. The number of aromatic nitrogens is 6. The highest BCUT2D eigenvalue weighted by Crippen LogP contribution is 2.43. The molecule has 22 nitrogen and oxygen atoms in total. The number of aliphatic hydroxyl groups is 1. The lowest BCUT2D eigenvalue weighted by Gasteiger charge is -2.36. The first kappa shape index (κ1) is 62.1. The van der Waals surface area contributed by atoms with Crippen LogP contribution in [0.25, 0.3) is 0 Å². The van der Waals surface area contributed by atoms with Gasteiger partial charge in [0, 0.05) is 96.1 Å². The first-order valence-electron chi connectivity index (χ1n) is 25.8. The third-order valence-electron chi connectivity index (χ3n) is 14.0. The van der Waals surface area contributed by atoms with Crippen molar-refractivity contribution < 1.29 is 63.3 Å². The summed E-state index contributed by atoms with van der Waals surface area (Å²) in [6.07, 6.45) is 9.62. The Kier molecular flexibility index (Phi) is 19.5. The van der Waals surface area contributed by atoms with Gasteiger partial charge < -0.3 is 30.0 Å². The van der Waals surface area contributed by atoms with Gasteiger partial charge in [-0.15, -0.1) is 22.7 Å². The summed E-state index contributed by atoms with van der Waals surface area (Å²) in [7, 11) is -5.20. The molecule has 84 heavy (non-hydrogen) atoms. The molecule has 0 bridgehead atoms.